The van der Waals surface area contributed by atoms with Crippen LogP contribution >= 0.6 is 11.8 Å². The van der Waals surface area contributed by atoms with Crippen LogP contribution in [0.1, 0.15) is 18.4 Å². The lowest BCUT2D eigenvalue weighted by Gasteiger charge is -2.12. The molecule has 1 aromatic heterocycles. The molecule has 1 aliphatic rings. The van der Waals surface area contributed by atoms with Gasteiger partial charge in [0.2, 0.25) is 5.88 Å². The molecule has 178 valence electrons. The van der Waals surface area contributed by atoms with Crippen molar-refractivity contribution in [1.82, 2.24) is 9.97 Å². The van der Waals surface area contributed by atoms with Gasteiger partial charge in [-0.3, -0.25) is 4.79 Å². The number of carbonyl (C=O) groups is 1. The number of sulfone groups is 1. The quantitative estimate of drug-likeness (QED) is 0.416. The highest BCUT2D eigenvalue weighted by Gasteiger charge is 2.34. The number of aromatic nitrogens is 2. The third kappa shape index (κ3) is 6.97. The Balaban J connectivity index is 1.82. The lowest BCUT2D eigenvalue weighted by Crippen LogP contribution is -2.16. The molecule has 1 aliphatic carbocycles. The van der Waals surface area contributed by atoms with Gasteiger partial charge in [-0.2, -0.15) is 11.8 Å². The summed E-state index contributed by atoms with van der Waals surface area (Å²) in [4.78, 5) is 21.4. The third-order valence-corrected chi connectivity index (χ3v) is 6.80. The molecule has 1 fully saturated rings. The van der Waals surface area contributed by atoms with Crippen LogP contribution < -0.4 is 10.1 Å². The molecule has 3 rings (SSSR count). The average molecular weight is 498 g/mol. The molecule has 1 heterocycles. The Labute approximate surface area is 196 Å². The van der Waals surface area contributed by atoms with Crippen molar-refractivity contribution in [2.75, 3.05) is 30.2 Å². The van der Waals surface area contributed by atoms with Crippen LogP contribution in [0.5, 0.6) is 5.88 Å². The number of ether oxygens (including phenoxy) is 1. The van der Waals surface area contributed by atoms with Crippen molar-refractivity contribution in [1.29, 1.82) is 0 Å². The topological polar surface area (TPSA) is 98.2 Å². The van der Waals surface area contributed by atoms with Gasteiger partial charge in [0.05, 0.1) is 23.9 Å². The molecular weight excluding hydrogens is 472 g/mol. The second-order valence-electron chi connectivity index (χ2n) is 7.68. The Morgan fingerprint density at radius 1 is 1.18 bits per heavy atom. The van der Waals surface area contributed by atoms with E-state index in [0.717, 1.165) is 12.0 Å². The average Bonchev–Trinajstić information content (AvgIpc) is 3.10. The third-order valence-electron chi connectivity index (χ3n) is 5.10. The summed E-state index contributed by atoms with van der Waals surface area (Å²) in [6.45, 7) is 0.477. The Bertz CT molecular complexity index is 1080. The van der Waals surface area contributed by atoms with Gasteiger partial charge in [0, 0.05) is 17.6 Å². The smallest absolute Gasteiger partial charge is 0.257 e. The molecule has 1 aromatic carbocycles. The summed E-state index contributed by atoms with van der Waals surface area (Å²) in [5.74, 6) is 0.276. The first-order valence-corrected chi connectivity index (χ1v) is 13.5. The van der Waals surface area contributed by atoms with Crippen molar-refractivity contribution in [3.8, 4) is 5.88 Å². The molecule has 2 aromatic rings. The molecule has 1 unspecified atom stereocenters. The van der Waals surface area contributed by atoms with Crippen LogP contribution in [0.25, 0.3) is 5.57 Å². The molecule has 0 saturated heterocycles. The Hall–Kier alpha value is -2.53. The number of nitrogens with zero attached hydrogens (tertiary/aromatic N) is 2. The van der Waals surface area contributed by atoms with Crippen LogP contribution in [-0.4, -0.2) is 61.5 Å². The van der Waals surface area contributed by atoms with E-state index < -0.39 is 34.0 Å². The highest BCUT2D eigenvalue weighted by Crippen LogP contribution is 2.34. The Morgan fingerprint density at radius 3 is 2.39 bits per heavy atom. The monoisotopic (exact) mass is 497 g/mol. The summed E-state index contributed by atoms with van der Waals surface area (Å²) in [6.07, 6.45) is 4.10. The van der Waals surface area contributed by atoms with Gasteiger partial charge in [-0.1, -0.05) is 18.2 Å². The fraction of sp³-hybridized carbons (Fsp3) is 0.409. The fourth-order valence-corrected chi connectivity index (χ4v) is 4.28. The van der Waals surface area contributed by atoms with E-state index in [2.05, 4.69) is 15.3 Å². The Kier molecular flexibility index (Phi) is 8.41. The zero-order chi connectivity index (χ0) is 24.0. The van der Waals surface area contributed by atoms with E-state index >= 15 is 0 Å². The summed E-state index contributed by atoms with van der Waals surface area (Å²) in [5, 5.41) is 2.63. The molecule has 0 bridgehead atoms. The van der Waals surface area contributed by atoms with Gasteiger partial charge in [0.15, 0.2) is 15.7 Å². The SMILES string of the molecule is CSCCOc1cnc(NC(=O)C(=CC2C[C@@H](F)[C@@H](F)C2)c2ccc(S(C)(=O)=O)cc2)cn1. The minimum absolute atomic E-state index is 0.0265. The summed E-state index contributed by atoms with van der Waals surface area (Å²) in [5.41, 5.74) is 0.589. The standard InChI is InChI=1S/C22H25F2N3O4S2/c1-32-8-7-31-21-13-25-20(12-26-21)27-22(28)17(9-14-10-18(23)19(24)11-14)15-3-5-16(6-4-15)33(2,29)30/h3-6,9,12-14,18-19H,7-8,10-11H2,1-2H3,(H,25,27,28)/t14?,18-,19+. The van der Waals surface area contributed by atoms with Gasteiger partial charge >= 0.3 is 0 Å². The van der Waals surface area contributed by atoms with Crippen LogP contribution in [0, 0.1) is 5.92 Å². The first kappa shape index (κ1) is 25.1. The number of hydrogen-bond donors (Lipinski definition) is 1. The molecular formula is C22H25F2N3O4S2. The number of hydrogen-bond acceptors (Lipinski definition) is 7. The Morgan fingerprint density at radius 2 is 1.85 bits per heavy atom. The molecule has 11 heteroatoms. The summed E-state index contributed by atoms with van der Waals surface area (Å²) >= 11 is 1.63. The molecule has 1 saturated carbocycles. The molecule has 3 atom stereocenters. The molecule has 0 spiro atoms. The molecule has 33 heavy (non-hydrogen) atoms. The largest absolute Gasteiger partial charge is 0.476 e. The number of amides is 1. The summed E-state index contributed by atoms with van der Waals surface area (Å²) < 4.78 is 56.3. The van der Waals surface area contributed by atoms with Crippen LogP contribution in [0.3, 0.4) is 0 Å². The molecule has 1 N–H and O–H groups in total. The maximum absolute atomic E-state index is 13.7. The summed E-state index contributed by atoms with van der Waals surface area (Å²) in [7, 11) is -3.41. The number of alkyl halides is 2. The minimum Gasteiger partial charge on any atom is -0.476 e. The van der Waals surface area contributed by atoms with Gasteiger partial charge in [0.1, 0.15) is 12.3 Å². The number of thioether (sulfide) groups is 1. The molecule has 7 nitrogen and oxygen atoms in total. The number of rotatable bonds is 9. The van der Waals surface area contributed by atoms with Crippen molar-refractivity contribution < 1.29 is 26.7 Å². The van der Waals surface area contributed by atoms with Crippen molar-refractivity contribution in [2.45, 2.75) is 30.1 Å². The zero-order valence-corrected chi connectivity index (χ0v) is 19.8. The van der Waals surface area contributed by atoms with Crippen LogP contribution in [0.15, 0.2) is 47.6 Å². The van der Waals surface area contributed by atoms with E-state index in [0.29, 0.717) is 18.1 Å². The second kappa shape index (κ2) is 11.1. The molecule has 0 aliphatic heterocycles. The maximum Gasteiger partial charge on any atom is 0.257 e. The predicted molar refractivity (Wildman–Crippen MR) is 125 cm³/mol. The molecule has 1 amide bonds. The van der Waals surface area contributed by atoms with E-state index in [4.69, 9.17) is 4.74 Å². The first-order valence-electron chi connectivity index (χ1n) is 10.2. The van der Waals surface area contributed by atoms with E-state index in [1.54, 1.807) is 11.8 Å². The normalized spacial score (nSPS) is 21.1. The highest BCUT2D eigenvalue weighted by molar-refractivity contribution is 7.98. The number of anilines is 1. The minimum atomic E-state index is -3.41. The van der Waals surface area contributed by atoms with Crippen LogP contribution in [-0.2, 0) is 14.6 Å². The van der Waals surface area contributed by atoms with E-state index in [9.17, 15) is 22.0 Å². The van der Waals surface area contributed by atoms with Gasteiger partial charge in [-0.15, -0.1) is 0 Å². The molecule has 0 radical (unpaired) electrons. The number of benzene rings is 1. The second-order valence-corrected chi connectivity index (χ2v) is 10.7. The fourth-order valence-electron chi connectivity index (χ4n) is 3.39. The zero-order valence-electron chi connectivity index (χ0n) is 18.2. The van der Waals surface area contributed by atoms with Gasteiger partial charge < -0.3 is 10.1 Å². The van der Waals surface area contributed by atoms with Crippen molar-refractivity contribution >= 4 is 38.9 Å². The summed E-state index contributed by atoms with van der Waals surface area (Å²) in [6, 6.07) is 5.75. The van der Waals surface area contributed by atoms with Gasteiger partial charge in [0.25, 0.3) is 5.91 Å². The maximum atomic E-state index is 13.7. The number of halogens is 2. The lowest BCUT2D eigenvalue weighted by molar-refractivity contribution is -0.111. The van der Waals surface area contributed by atoms with Crippen molar-refractivity contribution in [3.05, 3.63) is 48.3 Å². The van der Waals surface area contributed by atoms with Crippen molar-refractivity contribution in [3.63, 3.8) is 0 Å². The number of allylic oxidation sites excluding steroid dienone is 1. The van der Waals surface area contributed by atoms with Gasteiger partial charge in [-0.05, 0) is 42.7 Å². The number of carbonyl (C=O) groups excluding carboxylic acids is 1. The highest BCUT2D eigenvalue weighted by atomic mass is 32.2. The first-order chi connectivity index (χ1) is 15.7. The van der Waals surface area contributed by atoms with Crippen LogP contribution in [0.2, 0.25) is 0 Å². The number of nitrogens with one attached hydrogen (secondary N) is 1. The lowest BCUT2D eigenvalue weighted by atomic mass is 9.98. The van der Waals surface area contributed by atoms with E-state index in [1.165, 1.54) is 42.7 Å². The van der Waals surface area contributed by atoms with E-state index in [1.807, 2.05) is 6.26 Å². The van der Waals surface area contributed by atoms with Crippen molar-refractivity contribution in [2.24, 2.45) is 5.92 Å². The predicted octanol–water partition coefficient (Wildman–Crippen LogP) is 3.73. The van der Waals surface area contributed by atoms with Gasteiger partial charge in [-0.25, -0.2) is 27.2 Å². The van der Waals surface area contributed by atoms with E-state index in [-0.39, 0.29) is 29.1 Å². The van der Waals surface area contributed by atoms with Crippen LogP contribution in [0.4, 0.5) is 14.6 Å².